The second-order valence-corrected chi connectivity index (χ2v) is 20.4. The Morgan fingerprint density at radius 2 is 1.43 bits per heavy atom. The topological polar surface area (TPSA) is 104 Å². The quantitative estimate of drug-likeness (QED) is 0.0852. The summed E-state index contributed by atoms with van der Waals surface area (Å²) in [7, 11) is 0. The molecule has 2 radical (unpaired) electrons. The molecule has 14 heteroatoms. The average Bonchev–Trinajstić information content (AvgIpc) is 2.82. The van der Waals surface area contributed by atoms with Gasteiger partial charge in [-0.3, -0.25) is 9.36 Å². The van der Waals surface area contributed by atoms with Gasteiger partial charge >= 0.3 is 183 Å². The van der Waals surface area contributed by atoms with Gasteiger partial charge in [-0.1, -0.05) is 12.5 Å². The zero-order valence-corrected chi connectivity index (χ0v) is 42.6. The summed E-state index contributed by atoms with van der Waals surface area (Å²) in [6.45, 7) is 23.2. The minimum Gasteiger partial charge on any atom is -0.358 e. The molecular formula is C32H46Cl3O6PW2Y2-4. The van der Waals surface area contributed by atoms with Gasteiger partial charge in [0.05, 0.1) is 0 Å². The second-order valence-electron chi connectivity index (χ2n) is 10.9. The monoisotopic (exact) mass is 1210 g/mol. The van der Waals surface area contributed by atoms with Gasteiger partial charge in [0.2, 0.25) is 0 Å². The largest absolute Gasteiger partial charge is 0.358 e. The molecule has 258 valence electrons. The number of halogens is 3. The molecule has 1 saturated carbocycles. The van der Waals surface area contributed by atoms with Gasteiger partial charge < -0.3 is 14.9 Å². The zero-order valence-electron chi connectivity index (χ0n) is 27.9. The molecule has 0 aromatic rings. The molecule has 1 fully saturated rings. The van der Waals surface area contributed by atoms with E-state index < -0.39 is 5.20 Å². The fraction of sp³-hybridized carbons (Fsp3) is 0.469. The Morgan fingerprint density at radius 3 is 1.78 bits per heavy atom. The first-order valence-electron chi connectivity index (χ1n) is 13.2. The molecule has 1 aliphatic heterocycles. The van der Waals surface area contributed by atoms with Crippen LogP contribution < -0.4 is 0 Å². The van der Waals surface area contributed by atoms with Crippen LogP contribution in [0.4, 0.5) is 0 Å². The van der Waals surface area contributed by atoms with Crippen LogP contribution in [0.2, 0.25) is 0 Å². The number of aliphatic hydroxyl groups excluding tert-OH is 3. The standard InChI is InChI=1S/C15H19O2.C10H16O.C5H5O2.2CH3.Cl3OP.2W.2Y/c1-5-14-12(9-16)11-8-10(2)6-7-13(11)15(3,4)17-14;1-7(2)9-5-4-8(3)6-10(9)11;1-2-5(7)3-4-6;;;1-5(2,3)4;;;;/h1,5,10,16H,6-8H2,2-4H3;8H,4-6H2,1-3H3;1-3,6-7H;2*1H3;;;;;/q-1;;3*-1;;;;;. The van der Waals surface area contributed by atoms with Gasteiger partial charge in [0.15, 0.2) is 5.78 Å². The van der Waals surface area contributed by atoms with Crippen LogP contribution in [0.15, 0.2) is 57.6 Å². The molecule has 0 bridgehead atoms. The Hall–Kier alpha value is 2.05. The van der Waals surface area contributed by atoms with Crippen molar-refractivity contribution in [3.63, 3.8) is 0 Å². The maximum absolute atomic E-state index is 11.4. The van der Waals surface area contributed by atoms with Gasteiger partial charge in [-0.15, -0.1) is 0 Å². The molecule has 0 saturated heterocycles. The van der Waals surface area contributed by atoms with Crippen molar-refractivity contribution in [2.75, 3.05) is 0 Å². The van der Waals surface area contributed by atoms with Crippen molar-refractivity contribution in [2.45, 2.75) is 85.7 Å². The zero-order chi connectivity index (χ0) is 33.0. The van der Waals surface area contributed by atoms with Crippen LogP contribution in [0.3, 0.4) is 0 Å². The SMILES string of the molecule is CC(C)=C1CCC(C)CC1=O.O=P(Cl)(Cl)Cl.[CH-]=CC(O)=C[C](O)=[W].[CH-]=CC1=C([C](O)=[W])C2=C(CCC(C)C2)C(C)(C)O1.[CH3-].[CH3-].[Y].[Y]. The van der Waals surface area contributed by atoms with Crippen LogP contribution in [0.1, 0.15) is 80.1 Å². The normalized spacial score (nSPS) is 19.7. The number of Topliss-reactive ketones (excluding diaryl/α,β-unsaturated/α-hetero) is 1. The molecule has 46 heavy (non-hydrogen) atoms. The third-order valence-electron chi connectivity index (χ3n) is 6.61. The number of hydrogen-bond acceptors (Lipinski definition) is 6. The van der Waals surface area contributed by atoms with Gasteiger partial charge in [0.1, 0.15) is 0 Å². The average molecular weight is 1210 g/mol. The van der Waals surface area contributed by atoms with Crippen LogP contribution in [0, 0.1) is 39.8 Å². The molecule has 2 aliphatic carbocycles. The van der Waals surface area contributed by atoms with E-state index in [0.29, 0.717) is 27.5 Å². The van der Waals surface area contributed by atoms with Crippen molar-refractivity contribution in [2.24, 2.45) is 11.8 Å². The van der Waals surface area contributed by atoms with Crippen molar-refractivity contribution in [1.82, 2.24) is 0 Å². The molecular weight excluding hydrogens is 1160 g/mol. The summed E-state index contributed by atoms with van der Waals surface area (Å²) in [4.78, 5) is 11.4. The van der Waals surface area contributed by atoms with E-state index in [0.717, 1.165) is 81.6 Å². The molecule has 3 aliphatic rings. The number of ether oxygens (including phenoxy) is 1. The van der Waals surface area contributed by atoms with E-state index in [9.17, 15) is 14.5 Å². The molecule has 0 aromatic heterocycles. The van der Waals surface area contributed by atoms with Gasteiger partial charge in [0, 0.05) is 71.8 Å². The Bertz CT molecular complexity index is 1230. The van der Waals surface area contributed by atoms with Gasteiger partial charge in [-0.25, -0.2) is 0 Å². The first-order valence-corrected chi connectivity index (χ1v) is 20.5. The third-order valence-corrected chi connectivity index (χ3v) is 7.77. The molecule has 1 heterocycles. The Labute approximate surface area is 364 Å². The van der Waals surface area contributed by atoms with E-state index in [1.807, 2.05) is 13.8 Å². The summed E-state index contributed by atoms with van der Waals surface area (Å²) >= 11 is 15.8. The molecule has 0 amide bonds. The van der Waals surface area contributed by atoms with Gasteiger partial charge in [0.25, 0.3) is 0 Å². The maximum Gasteiger partial charge on any atom is 0 e. The number of rotatable bonds is 4. The van der Waals surface area contributed by atoms with Gasteiger partial charge in [-0.2, -0.15) is 0 Å². The molecule has 2 unspecified atom stereocenters. The molecule has 0 aromatic carbocycles. The number of aliphatic hydroxyl groups is 3. The maximum atomic E-state index is 11.4. The summed E-state index contributed by atoms with van der Waals surface area (Å²) in [6, 6.07) is 0. The summed E-state index contributed by atoms with van der Waals surface area (Å²) in [5, 5.41) is 23.8. The molecule has 3 N–H and O–H groups in total. The fourth-order valence-corrected chi connectivity index (χ4v) is 5.93. The van der Waals surface area contributed by atoms with Crippen LogP contribution in [-0.4, -0.2) is 34.9 Å². The summed E-state index contributed by atoms with van der Waals surface area (Å²) in [5.41, 5.74) is 5.41. The first-order chi connectivity index (χ1) is 19.1. The van der Waals surface area contributed by atoms with E-state index in [1.54, 1.807) is 0 Å². The second kappa shape index (κ2) is 27.7. The summed E-state index contributed by atoms with van der Waals surface area (Å²) in [6.07, 6.45) is 9.88. The van der Waals surface area contributed by atoms with Crippen molar-refractivity contribution in [3.8, 4) is 0 Å². The van der Waals surface area contributed by atoms with E-state index in [-0.39, 0.29) is 95.7 Å². The minimum absolute atomic E-state index is 0. The smallest absolute Gasteiger partial charge is 0 e. The predicted octanol–water partition coefficient (Wildman–Crippen LogP) is 10.1. The van der Waals surface area contributed by atoms with Crippen molar-refractivity contribution in [1.29, 1.82) is 0 Å². The third kappa shape index (κ3) is 23.5. The number of carbonyl (C=O) groups is 1. The number of hydrogen-bond donors (Lipinski definition) is 3. The van der Waals surface area contributed by atoms with E-state index >= 15 is 0 Å². The van der Waals surface area contributed by atoms with Crippen LogP contribution in [-0.2, 0) is 118 Å². The van der Waals surface area contributed by atoms with E-state index in [2.05, 4.69) is 61.4 Å². The van der Waals surface area contributed by atoms with Gasteiger partial charge in [-0.05, 0) is 71.9 Å². The Kier molecular flexibility index (Phi) is 34.5. The minimum atomic E-state index is -3.22. The Morgan fingerprint density at radius 1 is 0.978 bits per heavy atom. The molecule has 0 spiro atoms. The van der Waals surface area contributed by atoms with Crippen LogP contribution in [0.5, 0.6) is 0 Å². The molecule has 2 atom stereocenters. The Balaban J connectivity index is -0.000000174. The predicted molar refractivity (Wildman–Crippen MR) is 179 cm³/mol. The van der Waals surface area contributed by atoms with Crippen molar-refractivity contribution < 1.29 is 134 Å². The number of ketones is 1. The molecule has 6 nitrogen and oxygen atoms in total. The molecule has 3 rings (SSSR count). The number of allylic oxidation sites excluding steroid dienone is 4. The van der Waals surface area contributed by atoms with E-state index in [4.69, 9.17) is 28.1 Å². The summed E-state index contributed by atoms with van der Waals surface area (Å²) < 4.78 is 16.0. The van der Waals surface area contributed by atoms with Crippen molar-refractivity contribution in [3.05, 3.63) is 85.6 Å². The summed E-state index contributed by atoms with van der Waals surface area (Å²) in [5.74, 6) is 2.15. The van der Waals surface area contributed by atoms with Crippen LogP contribution in [0.25, 0.3) is 0 Å². The fourth-order valence-electron chi connectivity index (χ4n) is 4.70. The first kappa shape index (κ1) is 57.4. The number of carbonyl (C=O) groups excluding carboxylic acids is 1. The van der Waals surface area contributed by atoms with Crippen LogP contribution >= 0.6 is 38.9 Å². The van der Waals surface area contributed by atoms with Crippen molar-refractivity contribution >= 4 is 52.9 Å². The van der Waals surface area contributed by atoms with E-state index in [1.165, 1.54) is 41.7 Å².